The molecule has 23 heavy (non-hydrogen) atoms. The monoisotopic (exact) mass is 312 g/mol. The van der Waals surface area contributed by atoms with Crippen molar-refractivity contribution >= 4 is 34.8 Å². The molecule has 1 unspecified atom stereocenters. The average molecular weight is 312 g/mol. The van der Waals surface area contributed by atoms with E-state index in [2.05, 4.69) is 0 Å². The van der Waals surface area contributed by atoms with Crippen molar-refractivity contribution in [2.75, 3.05) is 0 Å². The maximum absolute atomic E-state index is 11.7. The molecule has 2 rings (SSSR count). The van der Waals surface area contributed by atoms with E-state index in [9.17, 15) is 14.4 Å². The Labute approximate surface area is 132 Å². The lowest BCUT2D eigenvalue weighted by Gasteiger charge is -2.10. The first-order valence-electron chi connectivity index (χ1n) is 6.94. The summed E-state index contributed by atoms with van der Waals surface area (Å²) < 4.78 is 4.90. The van der Waals surface area contributed by atoms with Gasteiger partial charge in [0.2, 0.25) is 0 Å². The molecule has 0 aromatic heterocycles. The Balaban J connectivity index is 2.06. The zero-order chi connectivity index (χ0) is 16.8. The molecule has 6 heteroatoms. The maximum atomic E-state index is 11.7. The molecular formula is C17H16N2O4. The second-order valence-corrected chi connectivity index (χ2v) is 4.83. The van der Waals surface area contributed by atoms with E-state index in [1.807, 2.05) is 47.8 Å². The maximum Gasteiger partial charge on any atom is 0.331 e. The van der Waals surface area contributed by atoms with Gasteiger partial charge in [0.15, 0.2) is 6.10 Å². The van der Waals surface area contributed by atoms with Gasteiger partial charge in [0.1, 0.15) is 0 Å². The third-order valence-electron chi connectivity index (χ3n) is 3.13. The molecule has 0 aliphatic carbocycles. The number of primary amides is 1. The minimum absolute atomic E-state index is 0.690. The Morgan fingerprint density at radius 2 is 1.83 bits per heavy atom. The summed E-state index contributed by atoms with van der Waals surface area (Å²) in [6.07, 6.45) is 1.73. The molecule has 0 fully saturated rings. The molecule has 0 radical (unpaired) electrons. The number of urea groups is 1. The van der Waals surface area contributed by atoms with Gasteiger partial charge in [0, 0.05) is 6.08 Å². The van der Waals surface area contributed by atoms with Crippen molar-refractivity contribution in [3.8, 4) is 0 Å². The van der Waals surface area contributed by atoms with Gasteiger partial charge in [-0.05, 0) is 29.3 Å². The number of nitrogens with one attached hydrogen (secondary N) is 1. The van der Waals surface area contributed by atoms with Gasteiger partial charge in [-0.25, -0.2) is 9.59 Å². The number of rotatable bonds is 4. The summed E-state index contributed by atoms with van der Waals surface area (Å²) in [5.41, 5.74) is 5.68. The van der Waals surface area contributed by atoms with Crippen LogP contribution in [0.25, 0.3) is 16.8 Å². The molecule has 118 valence electrons. The van der Waals surface area contributed by atoms with Gasteiger partial charge < -0.3 is 10.5 Å². The van der Waals surface area contributed by atoms with Gasteiger partial charge >= 0.3 is 12.0 Å². The highest BCUT2D eigenvalue weighted by Crippen LogP contribution is 2.19. The van der Waals surface area contributed by atoms with Crippen LogP contribution in [-0.4, -0.2) is 24.0 Å². The summed E-state index contributed by atoms with van der Waals surface area (Å²) in [7, 11) is 0. The van der Waals surface area contributed by atoms with Crippen LogP contribution in [-0.2, 0) is 14.3 Å². The molecule has 6 nitrogen and oxygen atoms in total. The van der Waals surface area contributed by atoms with Crippen LogP contribution < -0.4 is 11.1 Å². The molecule has 0 saturated heterocycles. The fourth-order valence-electron chi connectivity index (χ4n) is 2.04. The van der Waals surface area contributed by atoms with Gasteiger partial charge in [-0.15, -0.1) is 0 Å². The molecule has 0 heterocycles. The zero-order valence-electron chi connectivity index (χ0n) is 12.5. The van der Waals surface area contributed by atoms with Crippen molar-refractivity contribution in [1.29, 1.82) is 0 Å². The quantitative estimate of drug-likeness (QED) is 0.666. The van der Waals surface area contributed by atoms with Gasteiger partial charge in [0.05, 0.1) is 0 Å². The Hall–Kier alpha value is -3.15. The van der Waals surface area contributed by atoms with Gasteiger partial charge in [-0.3, -0.25) is 10.1 Å². The van der Waals surface area contributed by atoms with Crippen LogP contribution in [0.1, 0.15) is 12.5 Å². The largest absolute Gasteiger partial charge is 0.449 e. The summed E-state index contributed by atoms with van der Waals surface area (Å²) >= 11 is 0. The highest BCUT2D eigenvalue weighted by atomic mass is 16.5. The molecule has 2 aromatic rings. The minimum atomic E-state index is -1.12. The highest BCUT2D eigenvalue weighted by molar-refractivity contribution is 5.98. The second kappa shape index (κ2) is 7.22. The first kappa shape index (κ1) is 16.2. The van der Waals surface area contributed by atoms with Crippen LogP contribution in [0.15, 0.2) is 48.5 Å². The van der Waals surface area contributed by atoms with E-state index in [0.717, 1.165) is 16.3 Å². The highest BCUT2D eigenvalue weighted by Gasteiger charge is 2.17. The molecule has 0 saturated carbocycles. The first-order chi connectivity index (χ1) is 11.0. The number of carbonyl (C=O) groups excluding carboxylic acids is 3. The lowest BCUT2D eigenvalue weighted by Crippen LogP contribution is -2.42. The topological polar surface area (TPSA) is 98.5 Å². The van der Waals surface area contributed by atoms with Gasteiger partial charge in [-0.1, -0.05) is 42.5 Å². The van der Waals surface area contributed by atoms with Crippen LogP contribution in [0, 0.1) is 0 Å². The van der Waals surface area contributed by atoms with Crippen LogP contribution in [0.3, 0.4) is 0 Å². The smallest absolute Gasteiger partial charge is 0.331 e. The number of carbonyl (C=O) groups is 3. The number of hydrogen-bond acceptors (Lipinski definition) is 4. The predicted octanol–water partition coefficient (Wildman–Crippen LogP) is 1.98. The Kier molecular flexibility index (Phi) is 5.09. The van der Waals surface area contributed by atoms with Crippen molar-refractivity contribution in [2.24, 2.45) is 5.73 Å². The first-order valence-corrected chi connectivity index (χ1v) is 6.94. The summed E-state index contributed by atoms with van der Waals surface area (Å²) in [6.45, 7) is 1.35. The molecule has 0 spiro atoms. The second-order valence-electron chi connectivity index (χ2n) is 4.83. The van der Waals surface area contributed by atoms with Crippen molar-refractivity contribution in [3.05, 3.63) is 54.1 Å². The van der Waals surface area contributed by atoms with E-state index in [1.54, 1.807) is 6.08 Å². The number of amides is 3. The number of fused-ring (bicyclic) bond motifs is 1. The molecule has 3 amide bonds. The number of hydrogen-bond donors (Lipinski definition) is 2. The van der Waals surface area contributed by atoms with Crippen LogP contribution >= 0.6 is 0 Å². The van der Waals surface area contributed by atoms with E-state index in [1.165, 1.54) is 13.0 Å². The number of esters is 1. The fraction of sp³-hybridized carbons (Fsp3) is 0.118. The Bertz CT molecular complexity index is 778. The summed E-state index contributed by atoms with van der Waals surface area (Å²) in [6, 6.07) is 12.5. The Morgan fingerprint density at radius 3 is 2.57 bits per heavy atom. The van der Waals surface area contributed by atoms with Crippen molar-refractivity contribution < 1.29 is 19.1 Å². The van der Waals surface area contributed by atoms with Crippen molar-refractivity contribution in [3.63, 3.8) is 0 Å². The fourth-order valence-corrected chi connectivity index (χ4v) is 2.04. The van der Waals surface area contributed by atoms with Gasteiger partial charge in [0.25, 0.3) is 5.91 Å². The summed E-state index contributed by atoms with van der Waals surface area (Å²) in [5.74, 6) is -1.46. The third kappa shape index (κ3) is 4.41. The number of imide groups is 1. The molecule has 2 aromatic carbocycles. The Morgan fingerprint density at radius 1 is 1.13 bits per heavy atom. The zero-order valence-corrected chi connectivity index (χ0v) is 12.5. The third-order valence-corrected chi connectivity index (χ3v) is 3.13. The van der Waals surface area contributed by atoms with E-state index in [4.69, 9.17) is 10.5 Å². The summed E-state index contributed by atoms with van der Waals surface area (Å²) in [4.78, 5) is 33.7. The minimum Gasteiger partial charge on any atom is -0.449 e. The van der Waals surface area contributed by atoms with Crippen LogP contribution in [0.5, 0.6) is 0 Å². The molecule has 0 aliphatic rings. The summed E-state index contributed by atoms with van der Waals surface area (Å²) in [5, 5.41) is 3.90. The van der Waals surface area contributed by atoms with Crippen molar-refractivity contribution in [2.45, 2.75) is 13.0 Å². The standard InChI is InChI=1S/C17H16N2O4/c1-11(16(21)19-17(18)22)23-15(20)10-9-13-7-4-6-12-5-2-3-8-14(12)13/h2-11H,1H3,(H3,18,19,21,22)/b10-9+. The van der Waals surface area contributed by atoms with Crippen LogP contribution in [0.4, 0.5) is 4.79 Å². The lowest BCUT2D eigenvalue weighted by atomic mass is 10.0. The molecule has 0 bridgehead atoms. The van der Waals surface area contributed by atoms with Crippen LogP contribution in [0.2, 0.25) is 0 Å². The van der Waals surface area contributed by atoms with Gasteiger partial charge in [-0.2, -0.15) is 0 Å². The van der Waals surface area contributed by atoms with E-state index < -0.39 is 24.0 Å². The van der Waals surface area contributed by atoms with E-state index in [0.29, 0.717) is 0 Å². The normalized spacial score (nSPS) is 12.0. The number of ether oxygens (including phenoxy) is 1. The van der Waals surface area contributed by atoms with Crippen molar-refractivity contribution in [1.82, 2.24) is 5.32 Å². The average Bonchev–Trinajstić information content (AvgIpc) is 2.52. The van der Waals surface area contributed by atoms with E-state index >= 15 is 0 Å². The molecular weight excluding hydrogens is 296 g/mol. The molecule has 0 aliphatic heterocycles. The molecule has 1 atom stereocenters. The lowest BCUT2D eigenvalue weighted by molar-refractivity contribution is -0.149. The number of nitrogens with two attached hydrogens (primary N) is 1. The number of benzene rings is 2. The molecule has 3 N–H and O–H groups in total. The van der Waals surface area contributed by atoms with E-state index in [-0.39, 0.29) is 0 Å². The SMILES string of the molecule is CC(OC(=O)/C=C/c1cccc2ccccc12)C(=O)NC(N)=O. The predicted molar refractivity (Wildman–Crippen MR) is 86.3 cm³/mol.